The highest BCUT2D eigenvalue weighted by Crippen LogP contribution is 2.22. The van der Waals surface area contributed by atoms with Gasteiger partial charge in [-0.3, -0.25) is 9.52 Å². The van der Waals surface area contributed by atoms with Crippen LogP contribution in [0, 0.1) is 0 Å². The van der Waals surface area contributed by atoms with Gasteiger partial charge in [-0.1, -0.05) is 18.2 Å². The highest BCUT2D eigenvalue weighted by Gasteiger charge is 2.22. The molecule has 24 heavy (non-hydrogen) atoms. The second-order valence-electron chi connectivity index (χ2n) is 4.86. The predicted molar refractivity (Wildman–Crippen MR) is 89.3 cm³/mol. The lowest BCUT2D eigenvalue weighted by Crippen LogP contribution is -2.17. The zero-order valence-electron chi connectivity index (χ0n) is 13.1. The molecule has 0 unspecified atom stereocenters. The summed E-state index contributed by atoms with van der Waals surface area (Å²) in [5, 5.41) is 2.56. The molecule has 0 aliphatic carbocycles. The third-order valence-electron chi connectivity index (χ3n) is 3.02. The van der Waals surface area contributed by atoms with Crippen LogP contribution in [0.1, 0.15) is 17.3 Å². The van der Waals surface area contributed by atoms with Gasteiger partial charge in [-0.25, -0.2) is 13.2 Å². The van der Waals surface area contributed by atoms with Crippen molar-refractivity contribution in [2.75, 3.05) is 17.1 Å². The molecule has 2 rings (SSSR count). The van der Waals surface area contributed by atoms with Crippen molar-refractivity contribution in [3.63, 3.8) is 0 Å². The second-order valence-corrected chi connectivity index (χ2v) is 6.51. The van der Waals surface area contributed by atoms with Crippen molar-refractivity contribution in [1.82, 2.24) is 0 Å². The number of benzene rings is 2. The van der Waals surface area contributed by atoms with E-state index < -0.39 is 16.0 Å². The highest BCUT2D eigenvalue weighted by atomic mass is 32.2. The van der Waals surface area contributed by atoms with Crippen LogP contribution in [0.2, 0.25) is 0 Å². The number of rotatable bonds is 5. The summed E-state index contributed by atoms with van der Waals surface area (Å²) < 4.78 is 32.1. The Labute approximate surface area is 139 Å². The van der Waals surface area contributed by atoms with Crippen LogP contribution < -0.4 is 10.0 Å². The summed E-state index contributed by atoms with van der Waals surface area (Å²) in [6.45, 7) is 1.35. The van der Waals surface area contributed by atoms with Crippen LogP contribution in [0.25, 0.3) is 0 Å². The lowest BCUT2D eigenvalue weighted by molar-refractivity contribution is -0.114. The maximum atomic E-state index is 12.6. The average molecular weight is 348 g/mol. The summed E-state index contributed by atoms with van der Waals surface area (Å²) in [6, 6.07) is 12.0. The molecule has 0 atom stereocenters. The molecule has 0 saturated carbocycles. The van der Waals surface area contributed by atoms with Crippen LogP contribution in [0.5, 0.6) is 0 Å². The topological polar surface area (TPSA) is 102 Å². The third-order valence-corrected chi connectivity index (χ3v) is 4.46. The number of hydrogen-bond donors (Lipinski definition) is 2. The molecule has 0 bridgehead atoms. The van der Waals surface area contributed by atoms with Crippen LogP contribution in [0.4, 0.5) is 11.4 Å². The van der Waals surface area contributed by atoms with Gasteiger partial charge in [0.2, 0.25) is 5.91 Å². The molecule has 7 nitrogen and oxygen atoms in total. The van der Waals surface area contributed by atoms with Gasteiger partial charge in [-0.2, -0.15) is 0 Å². The van der Waals surface area contributed by atoms with Crippen LogP contribution in [0.15, 0.2) is 53.4 Å². The summed E-state index contributed by atoms with van der Waals surface area (Å²) in [5.41, 5.74) is 0.635. The van der Waals surface area contributed by atoms with Crippen LogP contribution >= 0.6 is 0 Å². The monoisotopic (exact) mass is 348 g/mol. The van der Waals surface area contributed by atoms with Gasteiger partial charge in [0.05, 0.1) is 18.4 Å². The molecule has 8 heteroatoms. The minimum absolute atomic E-state index is 0.0643. The minimum Gasteiger partial charge on any atom is -0.465 e. The Hall–Kier alpha value is -2.87. The number of carbonyl (C=O) groups excluding carboxylic acids is 2. The van der Waals surface area contributed by atoms with Gasteiger partial charge >= 0.3 is 5.97 Å². The Morgan fingerprint density at radius 3 is 2.33 bits per heavy atom. The molecule has 0 heterocycles. The standard InChI is InChI=1S/C16H16N2O5S/c1-11(19)17-12-6-5-7-13(10-12)18-24(21,22)15-9-4-3-8-14(15)16(20)23-2/h3-10,18H,1-2H3,(H,17,19). The summed E-state index contributed by atoms with van der Waals surface area (Å²) in [7, 11) is -2.83. The molecular formula is C16H16N2O5S. The van der Waals surface area contributed by atoms with Crippen molar-refractivity contribution in [2.45, 2.75) is 11.8 Å². The Bertz CT molecular complexity index is 878. The average Bonchev–Trinajstić information content (AvgIpc) is 2.53. The fraction of sp³-hybridized carbons (Fsp3) is 0.125. The number of carbonyl (C=O) groups is 2. The lowest BCUT2D eigenvalue weighted by atomic mass is 10.2. The maximum absolute atomic E-state index is 12.6. The SMILES string of the molecule is COC(=O)c1ccccc1S(=O)(=O)Nc1cccc(NC(C)=O)c1. The zero-order valence-corrected chi connectivity index (χ0v) is 13.9. The Morgan fingerprint density at radius 2 is 1.67 bits per heavy atom. The first-order valence-corrected chi connectivity index (χ1v) is 8.39. The van der Waals surface area contributed by atoms with E-state index in [4.69, 9.17) is 0 Å². The van der Waals surface area contributed by atoms with Gasteiger partial charge in [0, 0.05) is 12.6 Å². The highest BCUT2D eigenvalue weighted by molar-refractivity contribution is 7.92. The van der Waals surface area contributed by atoms with E-state index in [0.717, 1.165) is 0 Å². The summed E-state index contributed by atoms with van der Waals surface area (Å²) >= 11 is 0. The molecule has 0 aliphatic heterocycles. The molecule has 2 aromatic rings. The minimum atomic E-state index is -4.01. The van der Waals surface area contributed by atoms with Gasteiger partial charge in [0.25, 0.3) is 10.0 Å². The summed E-state index contributed by atoms with van der Waals surface area (Å²) in [4.78, 5) is 22.6. The molecule has 1 amide bonds. The lowest BCUT2D eigenvalue weighted by Gasteiger charge is -2.12. The Kier molecular flexibility index (Phi) is 5.20. The molecule has 0 fully saturated rings. The number of anilines is 2. The van der Waals surface area contributed by atoms with Crippen LogP contribution in [0.3, 0.4) is 0 Å². The molecule has 0 radical (unpaired) electrons. The smallest absolute Gasteiger partial charge is 0.339 e. The molecule has 0 aliphatic rings. The molecular weight excluding hydrogens is 332 g/mol. The van der Waals surface area contributed by atoms with E-state index in [9.17, 15) is 18.0 Å². The summed E-state index contributed by atoms with van der Waals surface area (Å²) in [5.74, 6) is -1.02. The van der Waals surface area contributed by atoms with Crippen molar-refractivity contribution < 1.29 is 22.7 Å². The largest absolute Gasteiger partial charge is 0.465 e. The quantitative estimate of drug-likeness (QED) is 0.807. The number of ether oxygens (including phenoxy) is 1. The van der Waals surface area contributed by atoms with Gasteiger partial charge in [0.1, 0.15) is 4.90 Å². The van der Waals surface area contributed by atoms with Crippen molar-refractivity contribution >= 4 is 33.3 Å². The van der Waals surface area contributed by atoms with E-state index >= 15 is 0 Å². The van der Waals surface area contributed by atoms with Crippen molar-refractivity contribution in [3.05, 3.63) is 54.1 Å². The van der Waals surface area contributed by atoms with E-state index in [2.05, 4.69) is 14.8 Å². The van der Waals surface area contributed by atoms with E-state index in [-0.39, 0.29) is 22.1 Å². The van der Waals surface area contributed by atoms with Crippen molar-refractivity contribution in [2.24, 2.45) is 0 Å². The summed E-state index contributed by atoms with van der Waals surface area (Å²) in [6.07, 6.45) is 0. The number of esters is 1. The third kappa shape index (κ3) is 4.11. The van der Waals surface area contributed by atoms with E-state index in [0.29, 0.717) is 5.69 Å². The van der Waals surface area contributed by atoms with E-state index in [1.807, 2.05) is 0 Å². The molecule has 0 spiro atoms. The van der Waals surface area contributed by atoms with Crippen molar-refractivity contribution in [1.29, 1.82) is 0 Å². The van der Waals surface area contributed by atoms with Crippen molar-refractivity contribution in [3.8, 4) is 0 Å². The van der Waals surface area contributed by atoms with E-state index in [1.54, 1.807) is 18.2 Å². The number of hydrogen-bond acceptors (Lipinski definition) is 5. The maximum Gasteiger partial charge on any atom is 0.339 e. The van der Waals surface area contributed by atoms with Gasteiger partial charge in [-0.15, -0.1) is 0 Å². The fourth-order valence-corrected chi connectivity index (χ4v) is 3.30. The number of nitrogens with one attached hydrogen (secondary N) is 2. The first kappa shape index (κ1) is 17.5. The normalized spacial score (nSPS) is 10.8. The fourth-order valence-electron chi connectivity index (χ4n) is 2.05. The molecule has 0 aromatic heterocycles. The zero-order chi connectivity index (χ0) is 17.7. The van der Waals surface area contributed by atoms with Crippen LogP contribution in [-0.4, -0.2) is 27.4 Å². The first-order chi connectivity index (χ1) is 11.3. The number of amides is 1. The van der Waals surface area contributed by atoms with Crippen LogP contribution in [-0.2, 0) is 19.6 Å². The van der Waals surface area contributed by atoms with E-state index in [1.165, 1.54) is 44.4 Å². The Morgan fingerprint density at radius 1 is 1.00 bits per heavy atom. The first-order valence-electron chi connectivity index (χ1n) is 6.91. The van der Waals surface area contributed by atoms with Gasteiger partial charge < -0.3 is 10.1 Å². The molecule has 0 saturated heterocycles. The molecule has 2 aromatic carbocycles. The number of sulfonamides is 1. The van der Waals surface area contributed by atoms with Gasteiger partial charge in [-0.05, 0) is 30.3 Å². The van der Waals surface area contributed by atoms with Gasteiger partial charge in [0.15, 0.2) is 0 Å². The predicted octanol–water partition coefficient (Wildman–Crippen LogP) is 2.23. The Balaban J connectivity index is 2.36. The molecule has 2 N–H and O–H groups in total. The second kappa shape index (κ2) is 7.14. The molecule has 126 valence electrons. The number of methoxy groups -OCH3 is 1.